The van der Waals surface area contributed by atoms with E-state index in [1.807, 2.05) is 6.92 Å². The van der Waals surface area contributed by atoms with Crippen LogP contribution in [0.5, 0.6) is 5.75 Å². The fourth-order valence-electron chi connectivity index (χ4n) is 4.92. The van der Waals surface area contributed by atoms with Crippen molar-refractivity contribution in [3.05, 3.63) is 54.1 Å². The summed E-state index contributed by atoms with van der Waals surface area (Å²) in [5.74, 6) is -0.631. The molecular formula is C29H34F5N3O7. The first kappa shape index (κ1) is 33.4. The van der Waals surface area contributed by atoms with Crippen molar-refractivity contribution in [2.75, 3.05) is 44.3 Å². The molecule has 10 nitrogen and oxygen atoms in total. The number of halogens is 5. The van der Waals surface area contributed by atoms with Gasteiger partial charge in [-0.2, -0.15) is 27.1 Å². The van der Waals surface area contributed by atoms with Gasteiger partial charge in [0.15, 0.2) is 0 Å². The maximum Gasteiger partial charge on any atom is 0.499 e. The van der Waals surface area contributed by atoms with E-state index in [1.54, 1.807) is 50.4 Å². The molecule has 0 radical (unpaired) electrons. The van der Waals surface area contributed by atoms with Crippen LogP contribution in [0.25, 0.3) is 0 Å². The summed E-state index contributed by atoms with van der Waals surface area (Å²) < 4.78 is 95.9. The molecule has 1 amide bonds. The van der Waals surface area contributed by atoms with Crippen molar-refractivity contribution >= 4 is 23.2 Å². The topological polar surface area (TPSA) is 91.3 Å². The van der Waals surface area contributed by atoms with Crippen LogP contribution in [0.3, 0.4) is 0 Å². The zero-order valence-corrected chi connectivity index (χ0v) is 24.7. The number of amides is 1. The van der Waals surface area contributed by atoms with Gasteiger partial charge in [-0.3, -0.25) is 9.91 Å². The molecule has 2 aliphatic rings. The molecule has 0 N–H and O–H groups in total. The minimum absolute atomic E-state index is 0.404. The van der Waals surface area contributed by atoms with Gasteiger partial charge < -0.3 is 28.4 Å². The number of carbonyl (C=O) groups excluding carboxylic acids is 1. The van der Waals surface area contributed by atoms with Crippen molar-refractivity contribution in [3.8, 4) is 5.75 Å². The number of nitrogens with zero attached hydrogens (tertiary/aromatic N) is 3. The lowest BCUT2D eigenvalue weighted by atomic mass is 9.99. The highest BCUT2D eigenvalue weighted by Crippen LogP contribution is 2.38. The normalized spacial score (nSPS) is 24.2. The molecular weight excluding hydrogens is 597 g/mol. The standard InChI is InChI=1S/C29H34F5N3O7/c1-6-41-24-23(39-4)17(2)42-26(25(24)40-5)43-27(38)36(3)19-9-7-18(8-10-19)22-15-16-37(35-22)20-11-13-21(14-12-20)44-29(33,34)28(30,31)32/h7-14,17,23-26H,6,15-16H2,1-5H3/t17-,23-,24+,25+,26-/m0/s1. The zero-order chi connectivity index (χ0) is 32.2. The summed E-state index contributed by atoms with van der Waals surface area (Å²) in [6.07, 6.45) is -14.4. The fourth-order valence-corrected chi connectivity index (χ4v) is 4.92. The predicted octanol–water partition coefficient (Wildman–Crippen LogP) is 5.59. The van der Waals surface area contributed by atoms with E-state index >= 15 is 0 Å². The Balaban J connectivity index is 1.39. The Morgan fingerprint density at radius 1 is 1.00 bits per heavy atom. The summed E-state index contributed by atoms with van der Waals surface area (Å²) in [5.41, 5.74) is 2.51. The summed E-state index contributed by atoms with van der Waals surface area (Å²) in [6.45, 7) is 4.50. The summed E-state index contributed by atoms with van der Waals surface area (Å²) in [5, 5.41) is 6.14. The van der Waals surface area contributed by atoms with Crippen LogP contribution < -0.4 is 14.6 Å². The van der Waals surface area contributed by atoms with Crippen molar-refractivity contribution < 1.29 is 55.2 Å². The Labute approximate surface area is 251 Å². The van der Waals surface area contributed by atoms with Gasteiger partial charge in [0.1, 0.15) is 24.1 Å². The van der Waals surface area contributed by atoms with Gasteiger partial charge in [0, 0.05) is 46.5 Å². The quantitative estimate of drug-likeness (QED) is 0.314. The zero-order valence-electron chi connectivity index (χ0n) is 24.7. The van der Waals surface area contributed by atoms with Crippen molar-refractivity contribution in [2.45, 2.75) is 63.3 Å². The van der Waals surface area contributed by atoms with E-state index in [-0.39, 0.29) is 0 Å². The number of anilines is 2. The first-order chi connectivity index (χ1) is 20.8. The molecule has 2 aromatic rings. The number of carbonyl (C=O) groups is 1. The Kier molecular flexibility index (Phi) is 10.3. The van der Waals surface area contributed by atoms with Gasteiger partial charge >= 0.3 is 18.4 Å². The highest BCUT2D eigenvalue weighted by atomic mass is 19.4. The molecule has 1 fully saturated rings. The third-order valence-corrected chi connectivity index (χ3v) is 7.22. The average Bonchev–Trinajstić information content (AvgIpc) is 3.47. The highest BCUT2D eigenvalue weighted by Gasteiger charge is 2.61. The third-order valence-electron chi connectivity index (χ3n) is 7.22. The van der Waals surface area contributed by atoms with Gasteiger partial charge in [0.25, 0.3) is 0 Å². The Hall–Kier alpha value is -3.53. The molecule has 4 rings (SSSR count). The third kappa shape index (κ3) is 7.22. The van der Waals surface area contributed by atoms with Crippen molar-refractivity contribution in [3.63, 3.8) is 0 Å². The molecule has 0 unspecified atom stereocenters. The maximum absolute atomic E-state index is 13.2. The van der Waals surface area contributed by atoms with E-state index in [4.69, 9.17) is 23.7 Å². The maximum atomic E-state index is 13.2. The molecule has 242 valence electrons. The molecule has 2 aliphatic heterocycles. The lowest BCUT2D eigenvalue weighted by Gasteiger charge is -2.43. The molecule has 0 aromatic heterocycles. The largest absolute Gasteiger partial charge is 0.499 e. The molecule has 0 spiro atoms. The number of alkyl halides is 5. The van der Waals surface area contributed by atoms with Crippen LogP contribution in [0.4, 0.5) is 38.1 Å². The lowest BCUT2D eigenvalue weighted by Crippen LogP contribution is -2.60. The van der Waals surface area contributed by atoms with E-state index in [0.29, 0.717) is 36.7 Å². The number of rotatable bonds is 10. The fraction of sp³-hybridized carbons (Fsp3) is 0.517. The highest BCUT2D eigenvalue weighted by molar-refractivity contribution is 6.03. The van der Waals surface area contributed by atoms with Gasteiger partial charge in [0.05, 0.1) is 17.5 Å². The monoisotopic (exact) mass is 631 g/mol. The second-order valence-corrected chi connectivity index (χ2v) is 10.1. The Bertz CT molecular complexity index is 1290. The average molecular weight is 632 g/mol. The predicted molar refractivity (Wildman–Crippen MR) is 149 cm³/mol. The molecule has 0 aliphatic carbocycles. The molecule has 0 bridgehead atoms. The molecule has 2 aromatic carbocycles. The summed E-state index contributed by atoms with van der Waals surface area (Å²) >= 11 is 0. The summed E-state index contributed by atoms with van der Waals surface area (Å²) in [7, 11) is 4.57. The molecule has 5 atom stereocenters. The van der Waals surface area contributed by atoms with Crippen LogP contribution in [0, 0.1) is 0 Å². The van der Waals surface area contributed by atoms with Gasteiger partial charge in [-0.05, 0) is 55.8 Å². The van der Waals surface area contributed by atoms with Gasteiger partial charge in [-0.1, -0.05) is 12.1 Å². The molecule has 1 saturated heterocycles. The second-order valence-electron chi connectivity index (χ2n) is 10.1. The van der Waals surface area contributed by atoms with Gasteiger partial charge in [0.2, 0.25) is 6.29 Å². The summed E-state index contributed by atoms with van der Waals surface area (Å²) in [6, 6.07) is 11.7. The Morgan fingerprint density at radius 2 is 1.64 bits per heavy atom. The van der Waals surface area contributed by atoms with Crippen LogP contribution in [0.1, 0.15) is 25.8 Å². The van der Waals surface area contributed by atoms with Crippen LogP contribution >= 0.6 is 0 Å². The summed E-state index contributed by atoms with van der Waals surface area (Å²) in [4.78, 5) is 14.4. The SMILES string of the molecule is CCO[C@@H]1[C@@H](OC)[C@H](C)O[C@@H](OC(=O)N(C)c2ccc(C3=NN(c4ccc(OC(F)(F)C(F)(F)F)cc4)CC3)cc2)[C@@H]1OC. The minimum Gasteiger partial charge on any atom is -0.426 e. The number of hydrogen-bond donors (Lipinski definition) is 0. The first-order valence-corrected chi connectivity index (χ1v) is 13.8. The number of hydrogen-bond acceptors (Lipinski definition) is 9. The number of hydrazone groups is 1. The molecule has 44 heavy (non-hydrogen) atoms. The Morgan fingerprint density at radius 3 is 2.20 bits per heavy atom. The van der Waals surface area contributed by atoms with Crippen molar-refractivity contribution in [1.29, 1.82) is 0 Å². The van der Waals surface area contributed by atoms with Crippen LogP contribution in [0.2, 0.25) is 0 Å². The van der Waals surface area contributed by atoms with E-state index in [1.165, 1.54) is 24.1 Å². The van der Waals surface area contributed by atoms with Crippen molar-refractivity contribution in [2.24, 2.45) is 5.10 Å². The van der Waals surface area contributed by atoms with E-state index in [9.17, 15) is 26.7 Å². The molecule has 0 saturated carbocycles. The smallest absolute Gasteiger partial charge is 0.426 e. The van der Waals surface area contributed by atoms with Crippen LogP contribution in [-0.2, 0) is 23.7 Å². The first-order valence-electron chi connectivity index (χ1n) is 13.8. The second kappa shape index (κ2) is 13.6. The minimum atomic E-state index is -5.83. The molecule has 2 heterocycles. The lowest BCUT2D eigenvalue weighted by molar-refractivity contribution is -0.360. The van der Waals surface area contributed by atoms with Gasteiger partial charge in [-0.15, -0.1) is 0 Å². The number of benzene rings is 2. The van der Waals surface area contributed by atoms with Gasteiger partial charge in [-0.25, -0.2) is 4.79 Å². The molecule has 15 heteroatoms. The van der Waals surface area contributed by atoms with Crippen LogP contribution in [-0.4, -0.2) is 89.2 Å². The van der Waals surface area contributed by atoms with Crippen LogP contribution in [0.15, 0.2) is 53.6 Å². The number of methoxy groups -OCH3 is 2. The van der Waals surface area contributed by atoms with E-state index in [0.717, 1.165) is 17.7 Å². The number of ether oxygens (including phenoxy) is 6. The van der Waals surface area contributed by atoms with Crippen molar-refractivity contribution in [1.82, 2.24) is 0 Å². The van der Waals surface area contributed by atoms with E-state index in [2.05, 4.69) is 9.84 Å². The van der Waals surface area contributed by atoms with E-state index < -0.39 is 54.8 Å².